The minimum Gasteiger partial charge on any atom is -0.497 e. The number of rotatable bonds is 10. The molecule has 33 heavy (non-hydrogen) atoms. The third kappa shape index (κ3) is 6.51. The minimum absolute atomic E-state index is 0.0836. The minimum atomic E-state index is -0.309. The molecule has 0 bridgehead atoms. The number of carbonyl (C=O) groups is 1. The van der Waals surface area contributed by atoms with Crippen LogP contribution in [-0.2, 0) is 4.79 Å². The van der Waals surface area contributed by atoms with Gasteiger partial charge in [-0.15, -0.1) is 10.2 Å². The summed E-state index contributed by atoms with van der Waals surface area (Å²) in [6.07, 6.45) is -0.309. The Morgan fingerprint density at radius 2 is 1.61 bits per heavy atom. The molecule has 1 N–H and O–H groups in total. The molecule has 1 atom stereocenters. The molecule has 8 heteroatoms. The highest BCUT2D eigenvalue weighted by Gasteiger charge is 2.22. The molecule has 0 spiro atoms. The van der Waals surface area contributed by atoms with Crippen molar-refractivity contribution in [2.24, 2.45) is 0 Å². The second kappa shape index (κ2) is 11.2. The van der Waals surface area contributed by atoms with Crippen LogP contribution in [0.25, 0.3) is 0 Å². The highest BCUT2D eigenvalue weighted by Crippen LogP contribution is 2.28. The van der Waals surface area contributed by atoms with Gasteiger partial charge in [0, 0.05) is 11.7 Å². The molecular formula is C25H32N4O3S. The number of methoxy groups -OCH3 is 1. The van der Waals surface area contributed by atoms with E-state index in [9.17, 15) is 4.79 Å². The second-order valence-electron chi connectivity index (χ2n) is 8.35. The number of nitrogens with zero attached hydrogens (tertiary/aromatic N) is 3. The van der Waals surface area contributed by atoms with Gasteiger partial charge in [0.2, 0.25) is 5.91 Å². The van der Waals surface area contributed by atoms with Crippen molar-refractivity contribution >= 4 is 23.4 Å². The summed E-state index contributed by atoms with van der Waals surface area (Å²) in [5.41, 5.74) is 2.03. The zero-order valence-corrected chi connectivity index (χ0v) is 20.8. The van der Waals surface area contributed by atoms with Gasteiger partial charge in [-0.3, -0.25) is 4.79 Å². The summed E-state index contributed by atoms with van der Waals surface area (Å²) in [5.74, 6) is 2.82. The average Bonchev–Trinajstić information content (AvgIpc) is 3.23. The van der Waals surface area contributed by atoms with Crippen LogP contribution in [0.3, 0.4) is 0 Å². The standard InChI is InChI=1S/C25H32N4O3S/c1-16(2)19-7-9-20(10-8-19)26-23(30)15-33-25-28-27-24(29(25)17(3)4)18(5)32-22-13-11-21(31-6)12-14-22/h7-14,16-18H,15H2,1-6H3,(H,26,30). The van der Waals surface area contributed by atoms with Crippen molar-refractivity contribution in [1.29, 1.82) is 0 Å². The molecule has 3 rings (SSSR count). The number of hydrogen-bond acceptors (Lipinski definition) is 6. The molecule has 7 nitrogen and oxygen atoms in total. The van der Waals surface area contributed by atoms with E-state index in [0.717, 1.165) is 17.2 Å². The molecule has 176 valence electrons. The van der Waals surface area contributed by atoms with Crippen molar-refractivity contribution in [3.05, 3.63) is 59.9 Å². The van der Waals surface area contributed by atoms with Gasteiger partial charge in [0.05, 0.1) is 12.9 Å². The van der Waals surface area contributed by atoms with Crippen LogP contribution in [0.5, 0.6) is 11.5 Å². The van der Waals surface area contributed by atoms with E-state index in [-0.39, 0.29) is 23.8 Å². The predicted molar refractivity (Wildman–Crippen MR) is 132 cm³/mol. The lowest BCUT2D eigenvalue weighted by atomic mass is 10.0. The number of hydrogen-bond donors (Lipinski definition) is 1. The molecule has 0 aliphatic carbocycles. The van der Waals surface area contributed by atoms with Gasteiger partial charge in [0.15, 0.2) is 17.1 Å². The number of thioether (sulfide) groups is 1. The first-order valence-electron chi connectivity index (χ1n) is 11.1. The third-order valence-corrected chi connectivity index (χ3v) is 6.08. The van der Waals surface area contributed by atoms with Gasteiger partial charge in [-0.2, -0.15) is 0 Å². The van der Waals surface area contributed by atoms with Crippen LogP contribution in [0.1, 0.15) is 64.1 Å². The fraction of sp³-hybridized carbons (Fsp3) is 0.400. The molecule has 0 saturated carbocycles. The van der Waals surface area contributed by atoms with Gasteiger partial charge in [-0.05, 0) is 68.7 Å². The lowest BCUT2D eigenvalue weighted by molar-refractivity contribution is -0.113. The van der Waals surface area contributed by atoms with Gasteiger partial charge in [0.25, 0.3) is 0 Å². The van der Waals surface area contributed by atoms with E-state index >= 15 is 0 Å². The highest BCUT2D eigenvalue weighted by atomic mass is 32.2. The van der Waals surface area contributed by atoms with E-state index in [1.165, 1.54) is 17.3 Å². The summed E-state index contributed by atoms with van der Waals surface area (Å²) >= 11 is 1.37. The summed E-state index contributed by atoms with van der Waals surface area (Å²) in [4.78, 5) is 12.5. The third-order valence-electron chi connectivity index (χ3n) is 5.14. The van der Waals surface area contributed by atoms with E-state index in [4.69, 9.17) is 9.47 Å². The van der Waals surface area contributed by atoms with E-state index in [0.29, 0.717) is 16.9 Å². The average molecular weight is 469 g/mol. The fourth-order valence-electron chi connectivity index (χ4n) is 3.34. The molecular weight excluding hydrogens is 436 g/mol. The van der Waals surface area contributed by atoms with Crippen LogP contribution in [0.2, 0.25) is 0 Å². The lowest BCUT2D eigenvalue weighted by Crippen LogP contribution is -2.16. The van der Waals surface area contributed by atoms with Crippen LogP contribution in [0.4, 0.5) is 5.69 Å². The van der Waals surface area contributed by atoms with Crippen molar-refractivity contribution in [2.75, 3.05) is 18.2 Å². The van der Waals surface area contributed by atoms with Crippen molar-refractivity contribution in [2.45, 2.75) is 57.8 Å². The molecule has 3 aromatic rings. The van der Waals surface area contributed by atoms with E-state index in [1.807, 2.05) is 60.0 Å². The molecule has 0 radical (unpaired) electrons. The predicted octanol–water partition coefficient (Wildman–Crippen LogP) is 5.86. The molecule has 1 aromatic heterocycles. The maximum atomic E-state index is 12.5. The molecule has 0 aliphatic heterocycles. The van der Waals surface area contributed by atoms with Crippen molar-refractivity contribution < 1.29 is 14.3 Å². The molecule has 2 aromatic carbocycles. The molecule has 1 unspecified atom stereocenters. The number of anilines is 1. The SMILES string of the molecule is COc1ccc(OC(C)c2nnc(SCC(=O)Nc3ccc(C(C)C)cc3)n2C(C)C)cc1. The molecule has 0 fully saturated rings. The normalized spacial score (nSPS) is 12.1. The summed E-state index contributed by atoms with van der Waals surface area (Å²) in [6, 6.07) is 15.5. The second-order valence-corrected chi connectivity index (χ2v) is 9.30. The van der Waals surface area contributed by atoms with E-state index < -0.39 is 0 Å². The Hall–Kier alpha value is -3.00. The summed E-state index contributed by atoms with van der Waals surface area (Å²) < 4.78 is 13.3. The largest absolute Gasteiger partial charge is 0.497 e. The Bertz CT molecular complexity index is 1050. The molecule has 0 saturated heterocycles. The fourth-order valence-corrected chi connectivity index (χ4v) is 4.21. The smallest absolute Gasteiger partial charge is 0.234 e. The van der Waals surface area contributed by atoms with Crippen LogP contribution in [-0.4, -0.2) is 33.5 Å². The first-order valence-corrected chi connectivity index (χ1v) is 12.0. The highest BCUT2D eigenvalue weighted by molar-refractivity contribution is 7.99. The summed E-state index contributed by atoms with van der Waals surface area (Å²) in [7, 11) is 1.63. The topological polar surface area (TPSA) is 78.3 Å². The number of carbonyl (C=O) groups excluding carboxylic acids is 1. The van der Waals surface area contributed by atoms with Gasteiger partial charge >= 0.3 is 0 Å². The maximum Gasteiger partial charge on any atom is 0.234 e. The van der Waals surface area contributed by atoms with Gasteiger partial charge < -0.3 is 19.4 Å². The Kier molecular flexibility index (Phi) is 8.38. The zero-order valence-electron chi connectivity index (χ0n) is 20.0. The summed E-state index contributed by atoms with van der Waals surface area (Å²) in [5, 5.41) is 12.3. The van der Waals surface area contributed by atoms with Crippen molar-refractivity contribution in [3.8, 4) is 11.5 Å². The van der Waals surface area contributed by atoms with Crippen molar-refractivity contribution in [3.63, 3.8) is 0 Å². The van der Waals surface area contributed by atoms with Crippen LogP contribution in [0, 0.1) is 0 Å². The van der Waals surface area contributed by atoms with Gasteiger partial charge in [0.1, 0.15) is 11.5 Å². The lowest BCUT2D eigenvalue weighted by Gasteiger charge is -2.19. The monoisotopic (exact) mass is 468 g/mol. The Labute approximate surface area is 199 Å². The number of benzene rings is 2. The quantitative estimate of drug-likeness (QED) is 0.375. The van der Waals surface area contributed by atoms with Crippen LogP contribution < -0.4 is 14.8 Å². The Morgan fingerprint density at radius 3 is 2.18 bits per heavy atom. The van der Waals surface area contributed by atoms with Crippen LogP contribution >= 0.6 is 11.8 Å². The first-order chi connectivity index (χ1) is 15.8. The summed E-state index contributed by atoms with van der Waals surface area (Å²) in [6.45, 7) is 10.4. The van der Waals surface area contributed by atoms with Gasteiger partial charge in [-0.25, -0.2) is 0 Å². The van der Waals surface area contributed by atoms with E-state index in [2.05, 4.69) is 43.2 Å². The molecule has 0 aliphatic rings. The zero-order chi connectivity index (χ0) is 24.0. The van der Waals surface area contributed by atoms with Crippen molar-refractivity contribution in [1.82, 2.24) is 14.8 Å². The number of nitrogens with one attached hydrogen (secondary N) is 1. The first kappa shape index (κ1) is 24.6. The molecule has 1 amide bonds. The maximum absolute atomic E-state index is 12.5. The molecule has 1 heterocycles. The number of ether oxygens (including phenoxy) is 2. The Balaban J connectivity index is 1.64. The number of aromatic nitrogens is 3. The number of amides is 1. The Morgan fingerprint density at radius 1 is 0.970 bits per heavy atom. The van der Waals surface area contributed by atoms with Crippen LogP contribution in [0.15, 0.2) is 53.7 Å². The van der Waals surface area contributed by atoms with Gasteiger partial charge in [-0.1, -0.05) is 37.7 Å². The van der Waals surface area contributed by atoms with E-state index in [1.54, 1.807) is 7.11 Å².